The van der Waals surface area contributed by atoms with Crippen LogP contribution in [0.25, 0.3) is 0 Å². The van der Waals surface area contributed by atoms with Gasteiger partial charge in [-0.1, -0.05) is 49.6 Å². The zero-order chi connectivity index (χ0) is 26.6. The number of rotatable bonds is 4. The van der Waals surface area contributed by atoms with Crippen LogP contribution in [0.4, 0.5) is 22.0 Å². The van der Waals surface area contributed by atoms with Crippen LogP contribution < -0.4 is 0 Å². The number of halogens is 5. The summed E-state index contributed by atoms with van der Waals surface area (Å²) in [5.41, 5.74) is -3.64. The van der Waals surface area contributed by atoms with E-state index in [2.05, 4.69) is 0 Å². The number of alkyl halides is 4. The Hall–Kier alpha value is -2.48. The van der Waals surface area contributed by atoms with Gasteiger partial charge in [0.05, 0.1) is 0 Å². The number of amides is 1. The van der Waals surface area contributed by atoms with Gasteiger partial charge < -0.3 is 10.0 Å². The van der Waals surface area contributed by atoms with Crippen molar-refractivity contribution < 1.29 is 31.9 Å². The maximum atomic E-state index is 14.8. The number of carbonyl (C=O) groups excluding carboxylic acids is 1. The topological polar surface area (TPSA) is 40.5 Å². The van der Waals surface area contributed by atoms with Crippen molar-refractivity contribution in [2.75, 3.05) is 6.54 Å². The molecule has 1 amide bonds. The van der Waals surface area contributed by atoms with E-state index in [0.29, 0.717) is 57.6 Å². The number of hydrogen-bond acceptors (Lipinski definition) is 2. The molecule has 3 nitrogen and oxygen atoms in total. The molecule has 1 saturated carbocycles. The van der Waals surface area contributed by atoms with Crippen LogP contribution in [-0.2, 0) is 28.7 Å². The Morgan fingerprint density at radius 2 is 1.70 bits per heavy atom. The highest BCUT2D eigenvalue weighted by Gasteiger charge is 2.57. The van der Waals surface area contributed by atoms with Gasteiger partial charge >= 0.3 is 6.18 Å². The number of nitrogens with zero attached hydrogens (tertiary/aromatic N) is 1. The Labute approximate surface area is 213 Å². The molecule has 200 valence electrons. The molecule has 2 aromatic rings. The first-order valence-corrected chi connectivity index (χ1v) is 13.0. The Kier molecular flexibility index (Phi) is 6.41. The van der Waals surface area contributed by atoms with Crippen LogP contribution in [0.3, 0.4) is 0 Å². The van der Waals surface area contributed by atoms with Gasteiger partial charge in [-0.05, 0) is 79.8 Å². The third-order valence-electron chi connectivity index (χ3n) is 8.99. The SMILES string of the molecule is CC(F)(c1ccc2c(c1)CC[C@H]1N(C(=O)C3(O)CCCCC3)CC[C@@]21Cc1ccc(F)cc1)C(F)(F)F. The first kappa shape index (κ1) is 26.1. The second-order valence-corrected chi connectivity index (χ2v) is 11.2. The van der Waals surface area contributed by atoms with Gasteiger partial charge in [0, 0.05) is 18.0 Å². The predicted octanol–water partition coefficient (Wildman–Crippen LogP) is 6.30. The monoisotopic (exact) mass is 521 g/mol. The molecule has 1 saturated heterocycles. The highest BCUT2D eigenvalue weighted by molar-refractivity contribution is 5.86. The number of benzene rings is 2. The van der Waals surface area contributed by atoms with Gasteiger partial charge in [0.2, 0.25) is 5.67 Å². The molecule has 37 heavy (non-hydrogen) atoms. The Balaban J connectivity index is 1.56. The lowest BCUT2D eigenvalue weighted by molar-refractivity contribution is -0.228. The standard InChI is InChI=1S/C29H32F5NO2/c1-26(31,29(32,33)34)21-8-11-23-20(17-21)7-12-24-27(23,18-19-5-9-22(30)10-6-19)15-16-35(24)25(36)28(37)13-3-2-4-14-28/h5-6,8-11,17,24,37H,2-4,7,12-16,18H2,1H3/t24-,26?,27-/m1/s1. The molecule has 0 spiro atoms. The number of hydrogen-bond donors (Lipinski definition) is 1. The molecule has 0 bridgehead atoms. The first-order chi connectivity index (χ1) is 17.4. The molecule has 3 atom stereocenters. The van der Waals surface area contributed by atoms with Crippen LogP contribution in [0.15, 0.2) is 42.5 Å². The summed E-state index contributed by atoms with van der Waals surface area (Å²) in [5, 5.41) is 11.2. The quantitative estimate of drug-likeness (QED) is 0.480. The molecule has 8 heteroatoms. The maximum absolute atomic E-state index is 14.8. The summed E-state index contributed by atoms with van der Waals surface area (Å²) >= 11 is 0. The van der Waals surface area contributed by atoms with E-state index in [9.17, 15) is 31.9 Å². The van der Waals surface area contributed by atoms with Crippen LogP contribution in [0.1, 0.15) is 74.1 Å². The van der Waals surface area contributed by atoms with Crippen molar-refractivity contribution in [2.24, 2.45) is 0 Å². The first-order valence-electron chi connectivity index (χ1n) is 13.0. The molecule has 1 N–H and O–H groups in total. The van der Waals surface area contributed by atoms with E-state index in [-0.39, 0.29) is 17.8 Å². The minimum atomic E-state index is -5.05. The van der Waals surface area contributed by atoms with Gasteiger partial charge in [0.25, 0.3) is 5.91 Å². The summed E-state index contributed by atoms with van der Waals surface area (Å²) < 4.78 is 68.8. The van der Waals surface area contributed by atoms with Crippen molar-refractivity contribution in [2.45, 2.75) is 93.6 Å². The maximum Gasteiger partial charge on any atom is 0.426 e. The zero-order valence-electron chi connectivity index (χ0n) is 20.9. The average Bonchev–Trinajstić information content (AvgIpc) is 3.23. The molecule has 5 rings (SSSR count). The highest BCUT2D eigenvalue weighted by atomic mass is 19.4. The number of aryl methyl sites for hydroxylation is 1. The van der Waals surface area contributed by atoms with E-state index in [1.54, 1.807) is 23.1 Å². The van der Waals surface area contributed by atoms with Crippen LogP contribution >= 0.6 is 0 Å². The fourth-order valence-electron chi connectivity index (χ4n) is 6.85. The van der Waals surface area contributed by atoms with Gasteiger partial charge in [-0.3, -0.25) is 4.79 Å². The Morgan fingerprint density at radius 1 is 1.03 bits per heavy atom. The Bertz CT molecular complexity index is 1170. The molecule has 2 aliphatic carbocycles. The van der Waals surface area contributed by atoms with E-state index in [1.165, 1.54) is 24.3 Å². The number of fused-ring (bicyclic) bond motifs is 3. The highest BCUT2D eigenvalue weighted by Crippen LogP contribution is 2.51. The second-order valence-electron chi connectivity index (χ2n) is 11.2. The van der Waals surface area contributed by atoms with Crippen molar-refractivity contribution >= 4 is 5.91 Å². The number of likely N-dealkylation sites (tertiary alicyclic amines) is 1. The molecule has 2 fully saturated rings. The van der Waals surface area contributed by atoms with E-state index in [4.69, 9.17) is 0 Å². The summed E-state index contributed by atoms with van der Waals surface area (Å²) in [6.07, 6.45) is 0.254. The lowest BCUT2D eigenvalue weighted by atomic mass is 9.63. The molecule has 1 aliphatic heterocycles. The van der Waals surface area contributed by atoms with Gasteiger partial charge in [-0.25, -0.2) is 8.78 Å². The average molecular weight is 522 g/mol. The van der Waals surface area contributed by atoms with Gasteiger partial charge in [0.15, 0.2) is 0 Å². The van der Waals surface area contributed by atoms with Gasteiger partial charge in [0.1, 0.15) is 11.4 Å². The lowest BCUT2D eigenvalue weighted by Gasteiger charge is -2.45. The lowest BCUT2D eigenvalue weighted by Crippen LogP contribution is -2.56. The third-order valence-corrected chi connectivity index (χ3v) is 8.99. The summed E-state index contributed by atoms with van der Waals surface area (Å²) in [6.45, 7) is 0.951. The fraction of sp³-hybridized carbons (Fsp3) is 0.552. The van der Waals surface area contributed by atoms with E-state index < -0.39 is 28.4 Å². The molecule has 0 radical (unpaired) electrons. The smallest absolute Gasteiger partial charge is 0.380 e. The van der Waals surface area contributed by atoms with Crippen molar-refractivity contribution in [1.29, 1.82) is 0 Å². The van der Waals surface area contributed by atoms with E-state index in [0.717, 1.165) is 30.4 Å². The third kappa shape index (κ3) is 4.35. The largest absolute Gasteiger partial charge is 0.426 e. The van der Waals surface area contributed by atoms with Crippen LogP contribution in [-0.4, -0.2) is 40.3 Å². The summed E-state index contributed by atoms with van der Waals surface area (Å²) in [6, 6.07) is 9.96. The number of carbonyl (C=O) groups is 1. The molecule has 2 aromatic carbocycles. The summed E-state index contributed by atoms with van der Waals surface area (Å²) in [7, 11) is 0. The molecule has 3 aliphatic rings. The zero-order valence-corrected chi connectivity index (χ0v) is 20.9. The van der Waals surface area contributed by atoms with Crippen LogP contribution in [0.2, 0.25) is 0 Å². The van der Waals surface area contributed by atoms with Crippen LogP contribution in [0, 0.1) is 5.82 Å². The molecule has 1 unspecified atom stereocenters. The van der Waals surface area contributed by atoms with Gasteiger partial charge in [-0.15, -0.1) is 0 Å². The Morgan fingerprint density at radius 3 is 2.35 bits per heavy atom. The molecule has 0 aromatic heterocycles. The molecule has 1 heterocycles. The van der Waals surface area contributed by atoms with Crippen molar-refractivity contribution in [3.05, 3.63) is 70.5 Å². The summed E-state index contributed by atoms with van der Waals surface area (Å²) in [4.78, 5) is 15.5. The molecular weight excluding hydrogens is 489 g/mol. The van der Waals surface area contributed by atoms with E-state index in [1.807, 2.05) is 0 Å². The fourth-order valence-corrected chi connectivity index (χ4v) is 6.85. The van der Waals surface area contributed by atoms with Crippen LogP contribution in [0.5, 0.6) is 0 Å². The normalized spacial score (nSPS) is 26.8. The summed E-state index contributed by atoms with van der Waals surface area (Å²) in [5.74, 6) is -0.643. The predicted molar refractivity (Wildman–Crippen MR) is 129 cm³/mol. The minimum absolute atomic E-state index is 0.270. The van der Waals surface area contributed by atoms with Gasteiger partial charge in [-0.2, -0.15) is 13.2 Å². The molecular formula is C29H32F5NO2. The van der Waals surface area contributed by atoms with Crippen molar-refractivity contribution in [3.8, 4) is 0 Å². The minimum Gasteiger partial charge on any atom is -0.380 e. The second kappa shape index (κ2) is 9.07. The van der Waals surface area contributed by atoms with Crippen molar-refractivity contribution in [1.82, 2.24) is 4.90 Å². The van der Waals surface area contributed by atoms with Crippen molar-refractivity contribution in [3.63, 3.8) is 0 Å². The number of aliphatic hydroxyl groups is 1. The van der Waals surface area contributed by atoms with E-state index >= 15 is 0 Å².